The summed E-state index contributed by atoms with van der Waals surface area (Å²) in [6, 6.07) is 0.433. The van der Waals surface area contributed by atoms with Crippen molar-refractivity contribution in [3.05, 3.63) is 0 Å². The van der Waals surface area contributed by atoms with Gasteiger partial charge in [0, 0.05) is 26.4 Å². The second-order valence-corrected chi connectivity index (χ2v) is 4.85. The highest BCUT2D eigenvalue weighted by atomic mass is 16.5. The van der Waals surface area contributed by atoms with Gasteiger partial charge in [0.2, 0.25) is 0 Å². The number of methoxy groups -OCH3 is 1. The molecule has 0 radical (unpaired) electrons. The molecule has 110 valence electrons. The van der Waals surface area contributed by atoms with E-state index >= 15 is 0 Å². The summed E-state index contributed by atoms with van der Waals surface area (Å²) in [5, 5.41) is 3.68. The molecule has 0 saturated heterocycles. The molecule has 0 aliphatic rings. The molecular formula is C15H33NO2. The van der Waals surface area contributed by atoms with E-state index in [1.54, 1.807) is 7.11 Å². The van der Waals surface area contributed by atoms with Gasteiger partial charge in [-0.3, -0.25) is 0 Å². The third-order valence-corrected chi connectivity index (χ3v) is 3.75. The zero-order chi connectivity index (χ0) is 13.9. The van der Waals surface area contributed by atoms with Crippen molar-refractivity contribution in [1.29, 1.82) is 0 Å². The summed E-state index contributed by atoms with van der Waals surface area (Å²) in [7, 11) is 1.77. The molecule has 0 amide bonds. The Labute approximate surface area is 114 Å². The maximum atomic E-state index is 6.11. The van der Waals surface area contributed by atoms with Gasteiger partial charge in [-0.05, 0) is 45.6 Å². The highest BCUT2D eigenvalue weighted by Crippen LogP contribution is 2.27. The van der Waals surface area contributed by atoms with E-state index in [-0.39, 0.29) is 5.60 Å². The molecule has 18 heavy (non-hydrogen) atoms. The molecule has 0 saturated carbocycles. The van der Waals surface area contributed by atoms with Gasteiger partial charge in [-0.25, -0.2) is 0 Å². The first kappa shape index (κ1) is 17.9. The molecular weight excluding hydrogens is 226 g/mol. The summed E-state index contributed by atoms with van der Waals surface area (Å²) in [5.41, 5.74) is -0.0162. The number of ether oxygens (including phenoxy) is 2. The standard InChI is InChI=1S/C15H33NO2/c1-6-12-16-14(11-10-13-17-5)15(7-2,8-3)18-9-4/h14,16H,6-13H2,1-5H3. The lowest BCUT2D eigenvalue weighted by atomic mass is 9.85. The van der Waals surface area contributed by atoms with Crippen LogP contribution in [-0.4, -0.2) is 38.5 Å². The molecule has 3 nitrogen and oxygen atoms in total. The predicted octanol–water partition coefficient (Wildman–Crippen LogP) is 3.38. The van der Waals surface area contributed by atoms with Crippen LogP contribution in [0, 0.1) is 0 Å². The molecule has 0 spiro atoms. The van der Waals surface area contributed by atoms with E-state index in [1.807, 2.05) is 0 Å². The Morgan fingerprint density at radius 2 is 1.78 bits per heavy atom. The maximum Gasteiger partial charge on any atom is 0.0829 e. The van der Waals surface area contributed by atoms with Gasteiger partial charge in [0.25, 0.3) is 0 Å². The van der Waals surface area contributed by atoms with Crippen LogP contribution in [0.25, 0.3) is 0 Å². The molecule has 0 aromatic carbocycles. The lowest BCUT2D eigenvalue weighted by Crippen LogP contribution is -2.52. The van der Waals surface area contributed by atoms with Crippen molar-refractivity contribution in [2.45, 2.75) is 71.4 Å². The molecule has 0 heterocycles. The summed E-state index contributed by atoms with van der Waals surface area (Å²) < 4.78 is 11.3. The van der Waals surface area contributed by atoms with Gasteiger partial charge in [-0.2, -0.15) is 0 Å². The molecule has 0 fully saturated rings. The van der Waals surface area contributed by atoms with Crippen LogP contribution in [-0.2, 0) is 9.47 Å². The van der Waals surface area contributed by atoms with E-state index in [0.717, 1.165) is 51.9 Å². The van der Waals surface area contributed by atoms with Gasteiger partial charge in [-0.1, -0.05) is 20.8 Å². The van der Waals surface area contributed by atoms with Crippen LogP contribution < -0.4 is 5.32 Å². The van der Waals surface area contributed by atoms with E-state index in [1.165, 1.54) is 0 Å². The van der Waals surface area contributed by atoms with Gasteiger partial charge in [0.1, 0.15) is 0 Å². The van der Waals surface area contributed by atoms with Gasteiger partial charge in [0.05, 0.1) is 5.60 Å². The van der Waals surface area contributed by atoms with Crippen LogP contribution in [0.15, 0.2) is 0 Å². The summed E-state index contributed by atoms with van der Waals surface area (Å²) >= 11 is 0. The van der Waals surface area contributed by atoms with Crippen molar-refractivity contribution in [2.24, 2.45) is 0 Å². The van der Waals surface area contributed by atoms with Crippen molar-refractivity contribution in [2.75, 3.05) is 26.9 Å². The van der Waals surface area contributed by atoms with Crippen molar-refractivity contribution >= 4 is 0 Å². The first-order chi connectivity index (χ1) is 8.70. The topological polar surface area (TPSA) is 30.5 Å². The normalized spacial score (nSPS) is 13.8. The van der Waals surface area contributed by atoms with E-state index in [4.69, 9.17) is 9.47 Å². The molecule has 1 N–H and O–H groups in total. The maximum absolute atomic E-state index is 6.11. The molecule has 0 rings (SSSR count). The van der Waals surface area contributed by atoms with Gasteiger partial charge in [0.15, 0.2) is 0 Å². The van der Waals surface area contributed by atoms with Crippen molar-refractivity contribution in [3.8, 4) is 0 Å². The molecule has 0 aliphatic carbocycles. The van der Waals surface area contributed by atoms with Crippen LogP contribution in [0.5, 0.6) is 0 Å². The zero-order valence-electron chi connectivity index (χ0n) is 13.1. The van der Waals surface area contributed by atoms with Gasteiger partial charge >= 0.3 is 0 Å². The fourth-order valence-corrected chi connectivity index (χ4v) is 2.64. The Morgan fingerprint density at radius 1 is 1.11 bits per heavy atom. The van der Waals surface area contributed by atoms with E-state index in [9.17, 15) is 0 Å². The van der Waals surface area contributed by atoms with Crippen LogP contribution >= 0.6 is 0 Å². The summed E-state index contributed by atoms with van der Waals surface area (Å²) in [6.45, 7) is 11.4. The molecule has 0 aromatic heterocycles. The van der Waals surface area contributed by atoms with Crippen molar-refractivity contribution < 1.29 is 9.47 Å². The lowest BCUT2D eigenvalue weighted by molar-refractivity contribution is -0.0747. The van der Waals surface area contributed by atoms with Gasteiger partial charge in [-0.15, -0.1) is 0 Å². The fraction of sp³-hybridized carbons (Fsp3) is 1.00. The Bertz CT molecular complexity index is 181. The second kappa shape index (κ2) is 10.8. The van der Waals surface area contributed by atoms with E-state index < -0.39 is 0 Å². The van der Waals surface area contributed by atoms with Crippen LogP contribution in [0.4, 0.5) is 0 Å². The van der Waals surface area contributed by atoms with Crippen LogP contribution in [0.1, 0.15) is 59.8 Å². The third kappa shape index (κ3) is 5.68. The Kier molecular flexibility index (Phi) is 10.7. The molecule has 0 bridgehead atoms. The van der Waals surface area contributed by atoms with Crippen LogP contribution in [0.3, 0.4) is 0 Å². The average Bonchev–Trinajstić information content (AvgIpc) is 2.40. The third-order valence-electron chi connectivity index (χ3n) is 3.75. The highest BCUT2D eigenvalue weighted by molar-refractivity contribution is 4.91. The second-order valence-electron chi connectivity index (χ2n) is 4.85. The minimum absolute atomic E-state index is 0.0162. The smallest absolute Gasteiger partial charge is 0.0829 e. The quantitative estimate of drug-likeness (QED) is 0.545. The molecule has 1 atom stereocenters. The molecule has 0 aliphatic heterocycles. The van der Waals surface area contributed by atoms with Gasteiger partial charge < -0.3 is 14.8 Å². The number of hydrogen-bond acceptors (Lipinski definition) is 3. The Hall–Kier alpha value is -0.120. The minimum atomic E-state index is -0.0162. The largest absolute Gasteiger partial charge is 0.385 e. The highest BCUT2D eigenvalue weighted by Gasteiger charge is 2.35. The SMILES string of the molecule is CCCNC(CCCOC)C(CC)(CC)OCC. The summed E-state index contributed by atoms with van der Waals surface area (Å²) in [6.07, 6.45) is 5.50. The molecule has 1 unspecified atom stereocenters. The monoisotopic (exact) mass is 259 g/mol. The van der Waals surface area contributed by atoms with E-state index in [0.29, 0.717) is 6.04 Å². The number of rotatable bonds is 12. The number of nitrogens with one attached hydrogen (secondary N) is 1. The van der Waals surface area contributed by atoms with Crippen molar-refractivity contribution in [3.63, 3.8) is 0 Å². The van der Waals surface area contributed by atoms with Crippen LogP contribution in [0.2, 0.25) is 0 Å². The molecule has 3 heteroatoms. The first-order valence-corrected chi connectivity index (χ1v) is 7.56. The van der Waals surface area contributed by atoms with E-state index in [2.05, 4.69) is 33.0 Å². The summed E-state index contributed by atoms with van der Waals surface area (Å²) in [4.78, 5) is 0. The Balaban J connectivity index is 4.61. The van der Waals surface area contributed by atoms with Crippen molar-refractivity contribution in [1.82, 2.24) is 5.32 Å². The fourth-order valence-electron chi connectivity index (χ4n) is 2.64. The average molecular weight is 259 g/mol. The zero-order valence-corrected chi connectivity index (χ0v) is 13.1. The first-order valence-electron chi connectivity index (χ1n) is 7.56. The molecule has 0 aromatic rings. The Morgan fingerprint density at radius 3 is 2.22 bits per heavy atom. The summed E-state index contributed by atoms with van der Waals surface area (Å²) in [5.74, 6) is 0. The minimum Gasteiger partial charge on any atom is -0.385 e. The lowest BCUT2D eigenvalue weighted by Gasteiger charge is -2.40. The predicted molar refractivity (Wildman–Crippen MR) is 78.1 cm³/mol. The number of hydrogen-bond donors (Lipinski definition) is 1.